The Kier molecular flexibility index (Phi) is 3.70. The lowest BCUT2D eigenvalue weighted by Crippen LogP contribution is -2.01. The van der Waals surface area contributed by atoms with Crippen LogP contribution in [-0.2, 0) is 6.42 Å². The number of thiophene rings is 1. The van der Waals surface area contributed by atoms with Gasteiger partial charge in [-0.3, -0.25) is 4.98 Å². The van der Waals surface area contributed by atoms with Crippen molar-refractivity contribution in [2.75, 3.05) is 0 Å². The number of aliphatic hydroxyl groups excluding tert-OH is 1. The largest absolute Gasteiger partial charge is 0.388 e. The van der Waals surface area contributed by atoms with Crippen molar-refractivity contribution in [2.24, 2.45) is 0 Å². The van der Waals surface area contributed by atoms with Crippen molar-refractivity contribution >= 4 is 11.3 Å². The second-order valence-electron chi connectivity index (χ2n) is 3.87. The van der Waals surface area contributed by atoms with Crippen LogP contribution in [0.2, 0.25) is 0 Å². The maximum atomic E-state index is 10.1. The monoisotopic (exact) mass is 233 g/mol. The molecule has 2 nitrogen and oxygen atoms in total. The number of aliphatic hydroxyl groups is 1. The number of pyridine rings is 1. The summed E-state index contributed by atoms with van der Waals surface area (Å²) in [5.74, 6) is 0. The molecule has 0 amide bonds. The first-order chi connectivity index (χ1) is 7.77. The third-order valence-corrected chi connectivity index (χ3v) is 3.62. The van der Waals surface area contributed by atoms with Gasteiger partial charge in [0.2, 0.25) is 0 Å². The SMILES string of the molecule is Cc1ccncc1C(O)CCc1cccs1. The average molecular weight is 233 g/mol. The molecule has 2 aromatic rings. The zero-order chi connectivity index (χ0) is 11.4. The molecule has 0 aliphatic rings. The third kappa shape index (κ3) is 2.68. The summed E-state index contributed by atoms with van der Waals surface area (Å²) in [5, 5.41) is 12.1. The number of hydrogen-bond acceptors (Lipinski definition) is 3. The summed E-state index contributed by atoms with van der Waals surface area (Å²) in [7, 11) is 0. The van der Waals surface area contributed by atoms with E-state index in [9.17, 15) is 5.11 Å². The molecule has 0 aliphatic heterocycles. The molecular formula is C13H15NOS. The van der Waals surface area contributed by atoms with Crippen LogP contribution in [0.3, 0.4) is 0 Å². The first-order valence-corrected chi connectivity index (χ1v) is 6.26. The normalized spacial score (nSPS) is 12.6. The topological polar surface area (TPSA) is 33.1 Å². The van der Waals surface area contributed by atoms with E-state index in [2.05, 4.69) is 16.4 Å². The summed E-state index contributed by atoms with van der Waals surface area (Å²) in [6.07, 6.45) is 4.79. The lowest BCUT2D eigenvalue weighted by molar-refractivity contribution is 0.167. The van der Waals surface area contributed by atoms with Crippen molar-refractivity contribution in [2.45, 2.75) is 25.9 Å². The zero-order valence-electron chi connectivity index (χ0n) is 9.26. The summed E-state index contributed by atoms with van der Waals surface area (Å²) in [5.41, 5.74) is 2.05. The molecule has 0 fully saturated rings. The van der Waals surface area contributed by atoms with Crippen LogP contribution in [0.15, 0.2) is 36.0 Å². The van der Waals surface area contributed by atoms with Crippen LogP contribution < -0.4 is 0 Å². The highest BCUT2D eigenvalue weighted by atomic mass is 32.1. The van der Waals surface area contributed by atoms with E-state index in [-0.39, 0.29) is 0 Å². The molecule has 0 bridgehead atoms. The number of aromatic nitrogens is 1. The lowest BCUT2D eigenvalue weighted by Gasteiger charge is -2.12. The zero-order valence-corrected chi connectivity index (χ0v) is 10.1. The summed E-state index contributed by atoms with van der Waals surface area (Å²) in [6, 6.07) is 6.08. The molecule has 84 valence electrons. The van der Waals surface area contributed by atoms with Gasteiger partial charge in [-0.15, -0.1) is 11.3 Å². The first kappa shape index (κ1) is 11.3. The maximum absolute atomic E-state index is 10.1. The minimum absolute atomic E-state index is 0.407. The highest BCUT2D eigenvalue weighted by Crippen LogP contribution is 2.22. The van der Waals surface area contributed by atoms with Crippen molar-refractivity contribution in [3.63, 3.8) is 0 Å². The molecule has 2 rings (SSSR count). The second-order valence-corrected chi connectivity index (χ2v) is 4.90. The van der Waals surface area contributed by atoms with E-state index in [1.807, 2.05) is 19.1 Å². The van der Waals surface area contributed by atoms with Gasteiger partial charge in [-0.05, 0) is 42.8 Å². The molecule has 2 aromatic heterocycles. The summed E-state index contributed by atoms with van der Waals surface area (Å²) in [6.45, 7) is 2.01. The fraction of sp³-hybridized carbons (Fsp3) is 0.308. The van der Waals surface area contributed by atoms with Gasteiger partial charge >= 0.3 is 0 Å². The van der Waals surface area contributed by atoms with Gasteiger partial charge in [-0.25, -0.2) is 0 Å². The fourth-order valence-electron chi connectivity index (χ4n) is 1.71. The molecule has 1 N–H and O–H groups in total. The Labute approximate surface area is 99.6 Å². The highest BCUT2D eigenvalue weighted by molar-refractivity contribution is 7.09. The van der Waals surface area contributed by atoms with Crippen molar-refractivity contribution in [1.29, 1.82) is 0 Å². The highest BCUT2D eigenvalue weighted by Gasteiger charge is 2.10. The minimum Gasteiger partial charge on any atom is -0.388 e. The van der Waals surface area contributed by atoms with Gasteiger partial charge in [0, 0.05) is 22.8 Å². The van der Waals surface area contributed by atoms with Gasteiger partial charge in [0.25, 0.3) is 0 Å². The van der Waals surface area contributed by atoms with E-state index in [0.717, 1.165) is 24.0 Å². The van der Waals surface area contributed by atoms with Crippen LogP contribution in [0.4, 0.5) is 0 Å². The standard InChI is InChI=1S/C13H15NOS/c1-10-6-7-14-9-12(10)13(15)5-4-11-3-2-8-16-11/h2-3,6-9,13,15H,4-5H2,1H3. The van der Waals surface area contributed by atoms with E-state index in [4.69, 9.17) is 0 Å². The molecule has 0 aliphatic carbocycles. The Bertz CT molecular complexity index is 439. The summed E-state index contributed by atoms with van der Waals surface area (Å²) >= 11 is 1.74. The molecule has 0 spiro atoms. The van der Waals surface area contributed by atoms with Crippen molar-refractivity contribution in [3.8, 4) is 0 Å². The molecule has 0 radical (unpaired) electrons. The maximum Gasteiger partial charge on any atom is 0.0811 e. The van der Waals surface area contributed by atoms with Gasteiger partial charge in [-0.1, -0.05) is 6.07 Å². The molecular weight excluding hydrogens is 218 g/mol. The smallest absolute Gasteiger partial charge is 0.0811 e. The van der Waals surface area contributed by atoms with Crippen LogP contribution in [-0.4, -0.2) is 10.1 Å². The van der Waals surface area contributed by atoms with Gasteiger partial charge in [-0.2, -0.15) is 0 Å². The summed E-state index contributed by atoms with van der Waals surface area (Å²) in [4.78, 5) is 5.37. The van der Waals surface area contributed by atoms with E-state index in [1.165, 1.54) is 4.88 Å². The predicted molar refractivity (Wildman–Crippen MR) is 66.6 cm³/mol. The van der Waals surface area contributed by atoms with Gasteiger partial charge < -0.3 is 5.11 Å². The molecule has 3 heteroatoms. The second kappa shape index (κ2) is 5.23. The first-order valence-electron chi connectivity index (χ1n) is 5.38. The Morgan fingerprint density at radius 2 is 2.31 bits per heavy atom. The van der Waals surface area contributed by atoms with Crippen LogP contribution in [0.1, 0.15) is 28.5 Å². The van der Waals surface area contributed by atoms with E-state index >= 15 is 0 Å². The van der Waals surface area contributed by atoms with Gasteiger partial charge in [0.15, 0.2) is 0 Å². The van der Waals surface area contributed by atoms with Gasteiger partial charge in [0.1, 0.15) is 0 Å². The number of nitrogens with zero attached hydrogens (tertiary/aromatic N) is 1. The van der Waals surface area contributed by atoms with Crippen molar-refractivity contribution in [3.05, 3.63) is 52.0 Å². The molecule has 1 atom stereocenters. The molecule has 2 heterocycles. The van der Waals surface area contributed by atoms with Crippen LogP contribution in [0.5, 0.6) is 0 Å². The Morgan fingerprint density at radius 1 is 1.44 bits per heavy atom. The lowest BCUT2D eigenvalue weighted by atomic mass is 10.0. The van der Waals surface area contributed by atoms with Crippen LogP contribution in [0, 0.1) is 6.92 Å². The van der Waals surface area contributed by atoms with E-state index < -0.39 is 6.10 Å². The molecule has 1 unspecified atom stereocenters. The Morgan fingerprint density at radius 3 is 3.00 bits per heavy atom. The Balaban J connectivity index is 1.98. The van der Waals surface area contributed by atoms with Crippen LogP contribution >= 0.6 is 11.3 Å². The summed E-state index contributed by atoms with van der Waals surface area (Å²) < 4.78 is 0. The molecule has 0 aromatic carbocycles. The van der Waals surface area contributed by atoms with Crippen molar-refractivity contribution in [1.82, 2.24) is 4.98 Å². The van der Waals surface area contributed by atoms with Gasteiger partial charge in [0.05, 0.1) is 6.10 Å². The quantitative estimate of drug-likeness (QED) is 0.880. The Hall–Kier alpha value is -1.19. The fourth-order valence-corrected chi connectivity index (χ4v) is 2.44. The van der Waals surface area contributed by atoms with E-state index in [1.54, 1.807) is 23.7 Å². The molecule has 0 saturated carbocycles. The molecule has 0 saturated heterocycles. The van der Waals surface area contributed by atoms with Crippen LogP contribution in [0.25, 0.3) is 0 Å². The number of aryl methyl sites for hydroxylation is 2. The van der Waals surface area contributed by atoms with Crippen molar-refractivity contribution < 1.29 is 5.11 Å². The van der Waals surface area contributed by atoms with E-state index in [0.29, 0.717) is 0 Å². The predicted octanol–water partition coefficient (Wildman–Crippen LogP) is 3.12. The third-order valence-electron chi connectivity index (χ3n) is 2.68. The number of rotatable bonds is 4. The molecule has 16 heavy (non-hydrogen) atoms. The average Bonchev–Trinajstić information content (AvgIpc) is 2.79. The minimum atomic E-state index is -0.407. The number of hydrogen-bond donors (Lipinski definition) is 1.